The van der Waals surface area contributed by atoms with Gasteiger partial charge in [0.2, 0.25) is 11.8 Å². The molecule has 7 nitrogen and oxygen atoms in total. The van der Waals surface area contributed by atoms with Crippen molar-refractivity contribution >= 4 is 11.7 Å². The van der Waals surface area contributed by atoms with Crippen LogP contribution < -0.4 is 14.8 Å². The van der Waals surface area contributed by atoms with Crippen LogP contribution in [-0.4, -0.2) is 47.2 Å². The number of rotatable bonds is 9. The number of Topliss-reactive ketones (excluding diaryl/α,β-unsaturated/α-hetero) is 1. The van der Waals surface area contributed by atoms with Crippen LogP contribution in [0.3, 0.4) is 0 Å². The topological polar surface area (TPSA) is 90.4 Å². The average Bonchev–Trinajstić information content (AvgIpc) is 2.69. The molecule has 1 unspecified atom stereocenters. The van der Waals surface area contributed by atoms with Crippen LogP contribution >= 0.6 is 0 Å². The van der Waals surface area contributed by atoms with Crippen molar-refractivity contribution in [1.82, 2.24) is 15.3 Å². The number of aromatic nitrogens is 2. The van der Waals surface area contributed by atoms with E-state index in [1.54, 1.807) is 19.1 Å². The van der Waals surface area contributed by atoms with Gasteiger partial charge in [-0.3, -0.25) is 14.6 Å². The van der Waals surface area contributed by atoms with Crippen LogP contribution in [0.1, 0.15) is 41.5 Å². The predicted octanol–water partition coefficient (Wildman–Crippen LogP) is 3.98. The Bertz CT molecular complexity index is 994. The smallest absolute Gasteiger partial charge is 0.422 e. The quantitative estimate of drug-likeness (QED) is 0.548. The number of ether oxygens (including phenoxy) is 2. The van der Waals surface area contributed by atoms with Gasteiger partial charge in [-0.25, -0.2) is 0 Å². The standard InChI is InChI=1S/C20H19F6N3O4/c1-11(30)7-14-8-13(5-6-27-14)12(2)28-17(31)15-3-4-16(32-9-19(21,22)23)29-18(15)33-10-20(24,25)26/h3-6,8,12H,7,9-10H2,1-2H3,(H,28,31). The van der Waals surface area contributed by atoms with Gasteiger partial charge < -0.3 is 14.8 Å². The largest absolute Gasteiger partial charge is 0.468 e. The number of pyridine rings is 2. The second-order valence-corrected chi connectivity index (χ2v) is 6.96. The number of alkyl halides is 6. The van der Waals surface area contributed by atoms with Crippen LogP contribution in [0, 0.1) is 0 Å². The molecule has 0 saturated heterocycles. The normalized spacial score (nSPS) is 12.7. The highest BCUT2D eigenvalue weighted by molar-refractivity contribution is 5.96. The lowest BCUT2D eigenvalue weighted by Crippen LogP contribution is -2.28. The van der Waals surface area contributed by atoms with Crippen molar-refractivity contribution in [2.45, 2.75) is 38.7 Å². The summed E-state index contributed by atoms with van der Waals surface area (Å²) in [4.78, 5) is 31.4. The molecular weight excluding hydrogens is 460 g/mol. The van der Waals surface area contributed by atoms with Crippen molar-refractivity contribution in [2.75, 3.05) is 13.2 Å². The second kappa shape index (κ2) is 10.5. The van der Waals surface area contributed by atoms with E-state index in [4.69, 9.17) is 0 Å². The van der Waals surface area contributed by atoms with Gasteiger partial charge in [0, 0.05) is 24.4 Å². The molecule has 1 N–H and O–H groups in total. The Kier molecular flexibility index (Phi) is 8.23. The fourth-order valence-electron chi connectivity index (χ4n) is 2.57. The van der Waals surface area contributed by atoms with Gasteiger partial charge in [0.05, 0.1) is 6.04 Å². The number of nitrogens with one attached hydrogen (secondary N) is 1. The highest BCUT2D eigenvalue weighted by Gasteiger charge is 2.31. The number of nitrogens with zero attached hydrogens (tertiary/aromatic N) is 2. The molecule has 0 aliphatic rings. The Balaban J connectivity index is 2.23. The minimum Gasteiger partial charge on any atom is -0.468 e. The molecule has 0 aliphatic heterocycles. The third kappa shape index (κ3) is 8.94. The summed E-state index contributed by atoms with van der Waals surface area (Å²) in [5, 5.41) is 2.53. The Hall–Kier alpha value is -3.38. The molecule has 0 saturated carbocycles. The summed E-state index contributed by atoms with van der Waals surface area (Å²) >= 11 is 0. The lowest BCUT2D eigenvalue weighted by Gasteiger charge is -2.17. The van der Waals surface area contributed by atoms with Crippen molar-refractivity contribution in [3.05, 3.63) is 47.3 Å². The van der Waals surface area contributed by atoms with Gasteiger partial charge in [-0.2, -0.15) is 31.3 Å². The molecule has 1 atom stereocenters. The molecule has 2 aromatic rings. The summed E-state index contributed by atoms with van der Waals surface area (Å²) in [6.45, 7) is -0.588. The summed E-state index contributed by atoms with van der Waals surface area (Å²) in [6, 6.07) is 4.34. The van der Waals surface area contributed by atoms with E-state index >= 15 is 0 Å². The Morgan fingerprint density at radius 2 is 1.67 bits per heavy atom. The van der Waals surface area contributed by atoms with E-state index in [1.165, 1.54) is 13.1 Å². The summed E-state index contributed by atoms with van der Waals surface area (Å²) in [5.41, 5.74) is 0.581. The van der Waals surface area contributed by atoms with Crippen LogP contribution in [-0.2, 0) is 11.2 Å². The first-order valence-electron chi connectivity index (χ1n) is 9.39. The Labute approximate surface area is 184 Å². The van der Waals surface area contributed by atoms with Gasteiger partial charge in [0.15, 0.2) is 13.2 Å². The molecule has 2 aromatic heterocycles. The lowest BCUT2D eigenvalue weighted by molar-refractivity contribution is -0.155. The van der Waals surface area contributed by atoms with Crippen LogP contribution in [0.4, 0.5) is 26.3 Å². The molecule has 0 bridgehead atoms. The molecule has 0 fully saturated rings. The molecule has 1 amide bonds. The zero-order valence-corrected chi connectivity index (χ0v) is 17.4. The van der Waals surface area contributed by atoms with E-state index in [0.717, 1.165) is 12.1 Å². The fourth-order valence-corrected chi connectivity index (χ4v) is 2.57. The Morgan fingerprint density at radius 1 is 1.03 bits per heavy atom. The first kappa shape index (κ1) is 25.9. The van der Waals surface area contributed by atoms with Crippen molar-refractivity contribution < 1.29 is 45.4 Å². The number of hydrogen-bond donors (Lipinski definition) is 1. The molecule has 33 heavy (non-hydrogen) atoms. The fraction of sp³-hybridized carbons (Fsp3) is 0.400. The van der Waals surface area contributed by atoms with Crippen molar-refractivity contribution in [3.8, 4) is 11.8 Å². The van der Waals surface area contributed by atoms with Gasteiger partial charge in [0.25, 0.3) is 5.91 Å². The van der Waals surface area contributed by atoms with Gasteiger partial charge in [-0.1, -0.05) is 0 Å². The maximum atomic E-state index is 12.7. The zero-order valence-electron chi connectivity index (χ0n) is 17.4. The van der Waals surface area contributed by atoms with Crippen LogP contribution in [0.15, 0.2) is 30.5 Å². The summed E-state index contributed by atoms with van der Waals surface area (Å²) in [6.07, 6.45) is -7.97. The molecule has 180 valence electrons. The van der Waals surface area contributed by atoms with Gasteiger partial charge in [-0.05, 0) is 37.6 Å². The van der Waals surface area contributed by atoms with E-state index in [2.05, 4.69) is 24.8 Å². The van der Waals surface area contributed by atoms with Gasteiger partial charge >= 0.3 is 12.4 Å². The van der Waals surface area contributed by atoms with E-state index in [-0.39, 0.29) is 12.2 Å². The third-order valence-corrected chi connectivity index (χ3v) is 3.95. The number of ketones is 1. The minimum atomic E-state index is -4.78. The molecule has 13 heteroatoms. The molecule has 0 aromatic carbocycles. The molecule has 0 spiro atoms. The highest BCUT2D eigenvalue weighted by Crippen LogP contribution is 2.25. The van der Waals surface area contributed by atoms with Crippen molar-refractivity contribution in [1.29, 1.82) is 0 Å². The number of carbonyl (C=O) groups excluding carboxylic acids is 2. The van der Waals surface area contributed by atoms with Crippen LogP contribution in [0.25, 0.3) is 0 Å². The summed E-state index contributed by atoms with van der Waals surface area (Å²) in [5.74, 6) is -2.53. The van der Waals surface area contributed by atoms with E-state index in [9.17, 15) is 35.9 Å². The van der Waals surface area contributed by atoms with Gasteiger partial charge in [-0.15, -0.1) is 0 Å². The Morgan fingerprint density at radius 3 is 2.27 bits per heavy atom. The number of carbonyl (C=O) groups is 2. The molecule has 0 aliphatic carbocycles. The number of amides is 1. The lowest BCUT2D eigenvalue weighted by atomic mass is 10.1. The maximum absolute atomic E-state index is 12.7. The molecule has 2 heterocycles. The monoisotopic (exact) mass is 479 g/mol. The zero-order chi connectivity index (χ0) is 24.8. The SMILES string of the molecule is CC(=O)Cc1cc(C(C)NC(=O)c2ccc(OCC(F)(F)F)nc2OCC(F)(F)F)ccn1. The van der Waals surface area contributed by atoms with E-state index in [1.807, 2.05) is 0 Å². The molecule has 0 radical (unpaired) electrons. The third-order valence-electron chi connectivity index (χ3n) is 3.95. The van der Waals surface area contributed by atoms with Gasteiger partial charge in [0.1, 0.15) is 11.3 Å². The first-order valence-corrected chi connectivity index (χ1v) is 9.39. The summed E-state index contributed by atoms with van der Waals surface area (Å²) < 4.78 is 83.7. The molecular formula is C20H19F6N3O4. The molecule has 2 rings (SSSR count). The average molecular weight is 479 g/mol. The number of hydrogen-bond acceptors (Lipinski definition) is 6. The first-order chi connectivity index (χ1) is 15.2. The highest BCUT2D eigenvalue weighted by atomic mass is 19.4. The van der Waals surface area contributed by atoms with Crippen molar-refractivity contribution in [2.24, 2.45) is 0 Å². The van der Waals surface area contributed by atoms with Crippen LogP contribution in [0.5, 0.6) is 11.8 Å². The van der Waals surface area contributed by atoms with E-state index < -0.39 is 54.8 Å². The number of halogens is 6. The van der Waals surface area contributed by atoms with Crippen LogP contribution in [0.2, 0.25) is 0 Å². The predicted molar refractivity (Wildman–Crippen MR) is 102 cm³/mol. The minimum absolute atomic E-state index is 0.0766. The summed E-state index contributed by atoms with van der Waals surface area (Å²) in [7, 11) is 0. The van der Waals surface area contributed by atoms with E-state index in [0.29, 0.717) is 11.3 Å². The maximum Gasteiger partial charge on any atom is 0.422 e. The second-order valence-electron chi connectivity index (χ2n) is 6.96. The van der Waals surface area contributed by atoms with Crippen molar-refractivity contribution in [3.63, 3.8) is 0 Å².